The fraction of sp³-hybridized carbons (Fsp3) is 0.421. The number of nitrogens with two attached hydrogens (primary N) is 2. The highest BCUT2D eigenvalue weighted by atomic mass is 35.5. The third-order valence-electron chi connectivity index (χ3n) is 3.92. The minimum atomic E-state index is -4.36. The van der Waals surface area contributed by atoms with Crippen LogP contribution in [0.1, 0.15) is 29.9 Å². The van der Waals surface area contributed by atoms with E-state index in [2.05, 4.69) is 15.3 Å². The van der Waals surface area contributed by atoms with Gasteiger partial charge in [-0.2, -0.15) is 13.2 Å². The normalized spacial score (nSPS) is 11.5. The van der Waals surface area contributed by atoms with E-state index in [0.717, 1.165) is 0 Å². The molecule has 2 aromatic rings. The fourth-order valence-corrected chi connectivity index (χ4v) is 3.35. The first kappa shape index (κ1) is 26.8. The van der Waals surface area contributed by atoms with Gasteiger partial charge in [0.15, 0.2) is 22.5 Å². The monoisotopic (exact) mass is 479 g/mol. The van der Waals surface area contributed by atoms with E-state index in [-0.39, 0.29) is 45.7 Å². The molecule has 0 aliphatic carbocycles. The number of carbonyl (C=O) groups is 1. The third-order valence-corrected chi connectivity index (χ3v) is 5.05. The second kappa shape index (κ2) is 11.4. The van der Waals surface area contributed by atoms with Gasteiger partial charge in [0.1, 0.15) is 6.54 Å². The summed E-state index contributed by atoms with van der Waals surface area (Å²) in [7, 11) is 3.71. The molecule has 2 rings (SSSR count). The molecule has 0 saturated heterocycles. The Bertz CT molecular complexity index is 895. The van der Waals surface area contributed by atoms with Crippen LogP contribution >= 0.6 is 23.4 Å². The van der Waals surface area contributed by atoms with Crippen molar-refractivity contribution in [3.8, 4) is 0 Å². The molecule has 1 heterocycles. The molecule has 1 aromatic heterocycles. The first-order valence-corrected chi connectivity index (χ1v) is 10.6. The summed E-state index contributed by atoms with van der Waals surface area (Å²) in [4.78, 5) is 20.0. The Kier molecular flexibility index (Phi) is 9.85. The van der Waals surface area contributed by atoms with Crippen molar-refractivity contribution in [1.29, 1.82) is 0 Å². The van der Waals surface area contributed by atoms with Crippen molar-refractivity contribution >= 4 is 40.9 Å². The lowest BCUT2D eigenvalue weighted by Crippen LogP contribution is -2.45. The second-order valence-corrected chi connectivity index (χ2v) is 8.33. The molecule has 0 bridgehead atoms. The van der Waals surface area contributed by atoms with Crippen LogP contribution in [0.3, 0.4) is 0 Å². The van der Waals surface area contributed by atoms with Gasteiger partial charge in [-0.25, -0.2) is 9.97 Å². The number of quaternary nitrogens is 1. The van der Waals surface area contributed by atoms with E-state index in [1.54, 1.807) is 18.2 Å². The Labute approximate surface area is 189 Å². The van der Waals surface area contributed by atoms with Gasteiger partial charge in [0.05, 0.1) is 27.2 Å². The van der Waals surface area contributed by atoms with E-state index in [1.807, 2.05) is 27.9 Å². The first-order chi connectivity index (χ1) is 14.4. The minimum absolute atomic E-state index is 0.0751. The van der Waals surface area contributed by atoms with Crippen LogP contribution in [0.2, 0.25) is 5.15 Å². The number of nitrogen functional groups attached to an aromatic ring is 2. The number of anilines is 2. The number of rotatable bonds is 7. The number of carbonyl (C=O) groups excluding carboxylic acids is 1. The van der Waals surface area contributed by atoms with Gasteiger partial charge in [-0.05, 0) is 17.8 Å². The highest BCUT2D eigenvalue weighted by molar-refractivity contribution is 8.00. The Morgan fingerprint density at radius 2 is 1.77 bits per heavy atom. The van der Waals surface area contributed by atoms with E-state index in [1.165, 1.54) is 6.07 Å². The summed E-state index contributed by atoms with van der Waals surface area (Å²) in [5.74, 6) is -0.782. The molecule has 1 amide bonds. The van der Waals surface area contributed by atoms with Gasteiger partial charge in [-0.15, -0.1) is 0 Å². The van der Waals surface area contributed by atoms with Crippen molar-refractivity contribution in [2.45, 2.75) is 30.8 Å². The summed E-state index contributed by atoms with van der Waals surface area (Å²) < 4.78 is 38.6. The van der Waals surface area contributed by atoms with Gasteiger partial charge in [-0.3, -0.25) is 4.79 Å². The van der Waals surface area contributed by atoms with Crippen molar-refractivity contribution in [3.05, 3.63) is 40.7 Å². The topological polar surface area (TPSA) is 107 Å². The van der Waals surface area contributed by atoms with Crippen LogP contribution in [0, 0.1) is 0 Å². The summed E-state index contributed by atoms with van der Waals surface area (Å²) in [5.41, 5.74) is 7.20. The predicted molar refractivity (Wildman–Crippen MR) is 119 cm³/mol. The zero-order valence-electron chi connectivity index (χ0n) is 17.8. The first-order valence-electron chi connectivity index (χ1n) is 9.40. The standard InChI is InChI=1S/C17H20ClF3N6OS.C2H6/c1-27(2,9-10-5-3-4-6-11(10)29-17(19,20)21)8-7-24-16(28)12-14(22)26-15(23)13(18)25-12;1-2/h3-6H,7-9H2,1-2H3,(H4-,22,23,24,26,28);1-2H3/p+1. The molecule has 0 spiro atoms. The molecule has 0 aliphatic rings. The molecule has 31 heavy (non-hydrogen) atoms. The van der Waals surface area contributed by atoms with Crippen molar-refractivity contribution in [2.75, 3.05) is 38.7 Å². The Hall–Kier alpha value is -2.24. The molecular formula is C19H27ClF3N6OS+. The minimum Gasteiger partial charge on any atom is -0.382 e. The fourth-order valence-electron chi connectivity index (χ4n) is 2.56. The Morgan fingerprint density at radius 3 is 2.39 bits per heavy atom. The van der Waals surface area contributed by atoms with Crippen molar-refractivity contribution < 1.29 is 22.4 Å². The van der Waals surface area contributed by atoms with Crippen molar-refractivity contribution in [1.82, 2.24) is 15.3 Å². The number of halogens is 4. The molecule has 0 atom stereocenters. The summed E-state index contributed by atoms with van der Waals surface area (Å²) >= 11 is 5.63. The zero-order valence-corrected chi connectivity index (χ0v) is 19.3. The maximum Gasteiger partial charge on any atom is 0.446 e. The van der Waals surface area contributed by atoms with Crippen LogP contribution in [0.25, 0.3) is 0 Å². The number of hydrogen-bond acceptors (Lipinski definition) is 6. The number of alkyl halides is 3. The van der Waals surface area contributed by atoms with Crippen LogP contribution in [0.15, 0.2) is 29.2 Å². The molecule has 5 N–H and O–H groups in total. The number of amides is 1. The van der Waals surface area contributed by atoms with Crippen LogP contribution in [0.5, 0.6) is 0 Å². The lowest BCUT2D eigenvalue weighted by Gasteiger charge is -2.30. The van der Waals surface area contributed by atoms with Crippen LogP contribution in [0.4, 0.5) is 24.8 Å². The molecule has 12 heteroatoms. The maximum absolute atomic E-state index is 12.8. The highest BCUT2D eigenvalue weighted by Crippen LogP contribution is 2.39. The van der Waals surface area contributed by atoms with Gasteiger partial charge >= 0.3 is 5.51 Å². The third kappa shape index (κ3) is 8.80. The smallest absolute Gasteiger partial charge is 0.382 e. The molecule has 0 aliphatic heterocycles. The molecule has 172 valence electrons. The Morgan fingerprint density at radius 1 is 1.16 bits per heavy atom. The summed E-state index contributed by atoms with van der Waals surface area (Å²) in [6.07, 6.45) is 0. The molecular weight excluding hydrogens is 453 g/mol. The van der Waals surface area contributed by atoms with E-state index >= 15 is 0 Å². The van der Waals surface area contributed by atoms with Crippen molar-refractivity contribution in [2.24, 2.45) is 0 Å². The van der Waals surface area contributed by atoms with Gasteiger partial charge in [0.2, 0.25) is 0 Å². The molecule has 1 aromatic carbocycles. The zero-order chi connectivity index (χ0) is 23.8. The number of thioether (sulfide) groups is 1. The van der Waals surface area contributed by atoms with Gasteiger partial charge in [-0.1, -0.05) is 43.6 Å². The summed E-state index contributed by atoms with van der Waals surface area (Å²) in [6, 6.07) is 6.38. The lowest BCUT2D eigenvalue weighted by molar-refractivity contribution is -0.902. The van der Waals surface area contributed by atoms with E-state index < -0.39 is 11.4 Å². The number of aromatic nitrogens is 2. The van der Waals surface area contributed by atoms with E-state index in [9.17, 15) is 18.0 Å². The second-order valence-electron chi connectivity index (χ2n) is 6.86. The number of nitrogens with one attached hydrogen (secondary N) is 1. The number of likely N-dealkylation sites (N-methyl/N-ethyl adjacent to an activating group) is 1. The largest absolute Gasteiger partial charge is 0.446 e. The maximum atomic E-state index is 12.8. The van der Waals surface area contributed by atoms with E-state index in [4.69, 9.17) is 23.1 Å². The molecule has 0 fully saturated rings. The Balaban J connectivity index is 0.00000233. The number of benzene rings is 1. The average Bonchev–Trinajstić information content (AvgIpc) is 2.66. The molecule has 0 radical (unpaired) electrons. The van der Waals surface area contributed by atoms with Crippen LogP contribution in [-0.2, 0) is 6.54 Å². The summed E-state index contributed by atoms with van der Waals surface area (Å²) in [6.45, 7) is 5.04. The quantitative estimate of drug-likeness (QED) is 0.410. The predicted octanol–water partition coefficient (Wildman–Crippen LogP) is 3.94. The SMILES string of the molecule is CC.C[N+](C)(CCNC(=O)c1nc(Cl)c(N)nc1N)Cc1ccccc1SC(F)(F)F. The van der Waals surface area contributed by atoms with Crippen LogP contribution in [-0.4, -0.2) is 53.1 Å². The van der Waals surface area contributed by atoms with Gasteiger partial charge < -0.3 is 21.3 Å². The van der Waals surface area contributed by atoms with Crippen LogP contribution < -0.4 is 16.8 Å². The van der Waals surface area contributed by atoms with Crippen molar-refractivity contribution in [3.63, 3.8) is 0 Å². The molecule has 0 unspecified atom stereocenters. The number of nitrogens with zero attached hydrogens (tertiary/aromatic N) is 3. The molecule has 0 saturated carbocycles. The molecule has 7 nitrogen and oxygen atoms in total. The summed E-state index contributed by atoms with van der Waals surface area (Å²) in [5, 5.41) is 2.53. The van der Waals surface area contributed by atoms with Gasteiger partial charge in [0, 0.05) is 10.5 Å². The highest BCUT2D eigenvalue weighted by Gasteiger charge is 2.31. The van der Waals surface area contributed by atoms with Gasteiger partial charge in [0.25, 0.3) is 5.91 Å². The lowest BCUT2D eigenvalue weighted by atomic mass is 10.2. The number of hydrogen-bond donors (Lipinski definition) is 3. The average molecular weight is 480 g/mol. The van der Waals surface area contributed by atoms with E-state index in [0.29, 0.717) is 23.1 Å².